The lowest BCUT2D eigenvalue weighted by Gasteiger charge is -2.38. The number of tetrazole rings is 1. The average molecular weight is 357 g/mol. The topological polar surface area (TPSA) is 50.1 Å². The van der Waals surface area contributed by atoms with Crippen LogP contribution in [0.3, 0.4) is 0 Å². The van der Waals surface area contributed by atoms with Gasteiger partial charge >= 0.3 is 0 Å². The van der Waals surface area contributed by atoms with Crippen molar-refractivity contribution in [3.8, 4) is 0 Å². The second kappa shape index (κ2) is 9.68. The van der Waals surface area contributed by atoms with Gasteiger partial charge in [-0.1, -0.05) is 39.5 Å². The van der Waals surface area contributed by atoms with Gasteiger partial charge in [0.2, 0.25) is 0 Å². The molecule has 138 valence electrons. The maximum atomic E-state index is 4.47. The Bertz CT molecular complexity index is 465. The lowest BCUT2D eigenvalue weighted by Crippen LogP contribution is -2.48. The molecule has 0 bridgehead atoms. The number of likely N-dealkylation sites (N-methyl/N-ethyl adjacent to an activating group) is 1. The quantitative estimate of drug-likeness (QED) is 0.751. The Morgan fingerprint density at radius 3 is 2.42 bits per heavy atom. The van der Waals surface area contributed by atoms with Crippen LogP contribution in [0.2, 0.25) is 0 Å². The van der Waals surface area contributed by atoms with Gasteiger partial charge in [0.1, 0.15) is 0 Å². The predicted octanol–water partition coefficient (Wildman–Crippen LogP) is 3.08. The number of aromatic nitrogens is 4. The first kappa shape index (κ1) is 19.6. The van der Waals surface area contributed by atoms with Gasteiger partial charge in [-0.05, 0) is 36.2 Å². The van der Waals surface area contributed by atoms with Crippen molar-refractivity contribution >= 4 is 12.4 Å². The van der Waals surface area contributed by atoms with Crippen molar-refractivity contribution in [3.63, 3.8) is 0 Å². The Balaban J connectivity index is 0.00000208. The summed E-state index contributed by atoms with van der Waals surface area (Å²) in [5.41, 5.74) is 0. The fraction of sp³-hybridized carbons (Fsp3) is 0.941. The minimum atomic E-state index is 0. The SMILES string of the molecule is CCCCC(c1nnnn1C1CCCC1)N1CCN(CC)CC1.Cl. The minimum Gasteiger partial charge on any atom is -0.301 e. The first-order valence-electron chi connectivity index (χ1n) is 9.57. The Labute approximate surface area is 152 Å². The molecule has 24 heavy (non-hydrogen) atoms. The Morgan fingerprint density at radius 1 is 1.08 bits per heavy atom. The summed E-state index contributed by atoms with van der Waals surface area (Å²) in [4.78, 5) is 5.16. The van der Waals surface area contributed by atoms with Gasteiger partial charge in [0.05, 0.1) is 12.1 Å². The fourth-order valence-electron chi connectivity index (χ4n) is 4.09. The summed E-state index contributed by atoms with van der Waals surface area (Å²) in [6.45, 7) is 10.3. The Kier molecular flexibility index (Phi) is 7.91. The number of hydrogen-bond acceptors (Lipinski definition) is 5. The molecule has 1 aromatic heterocycles. The molecule has 2 fully saturated rings. The molecule has 1 unspecified atom stereocenters. The molecule has 3 rings (SSSR count). The largest absolute Gasteiger partial charge is 0.301 e. The molecule has 1 saturated carbocycles. The van der Waals surface area contributed by atoms with E-state index in [0.717, 1.165) is 25.5 Å². The summed E-state index contributed by atoms with van der Waals surface area (Å²) in [5.74, 6) is 1.12. The monoisotopic (exact) mass is 356 g/mol. The zero-order chi connectivity index (χ0) is 16.1. The van der Waals surface area contributed by atoms with Crippen LogP contribution >= 0.6 is 12.4 Å². The number of unbranched alkanes of at least 4 members (excludes halogenated alkanes) is 1. The molecule has 0 radical (unpaired) electrons. The normalized spacial score (nSPS) is 21.8. The van der Waals surface area contributed by atoms with Crippen LogP contribution < -0.4 is 0 Å². The van der Waals surface area contributed by atoms with Gasteiger partial charge in [0.25, 0.3) is 0 Å². The molecule has 1 aliphatic heterocycles. The maximum Gasteiger partial charge on any atom is 0.168 e. The molecule has 0 N–H and O–H groups in total. The molecule has 2 aliphatic rings. The number of halogens is 1. The molecular weight excluding hydrogens is 324 g/mol. The molecule has 1 atom stereocenters. The molecule has 7 heteroatoms. The van der Waals surface area contributed by atoms with Crippen molar-refractivity contribution in [1.82, 2.24) is 30.0 Å². The molecule has 2 heterocycles. The molecule has 1 aliphatic carbocycles. The third-order valence-corrected chi connectivity index (χ3v) is 5.61. The van der Waals surface area contributed by atoms with E-state index in [1.165, 1.54) is 58.0 Å². The van der Waals surface area contributed by atoms with E-state index in [-0.39, 0.29) is 12.4 Å². The highest BCUT2D eigenvalue weighted by Gasteiger charge is 2.31. The molecule has 1 aromatic rings. The number of hydrogen-bond donors (Lipinski definition) is 0. The second-order valence-corrected chi connectivity index (χ2v) is 7.05. The van der Waals surface area contributed by atoms with Crippen molar-refractivity contribution in [2.24, 2.45) is 0 Å². The van der Waals surface area contributed by atoms with E-state index < -0.39 is 0 Å². The molecule has 6 nitrogen and oxygen atoms in total. The lowest BCUT2D eigenvalue weighted by molar-refractivity contribution is 0.0870. The van der Waals surface area contributed by atoms with Gasteiger partial charge in [-0.15, -0.1) is 17.5 Å². The van der Waals surface area contributed by atoms with Crippen molar-refractivity contribution in [3.05, 3.63) is 5.82 Å². The predicted molar refractivity (Wildman–Crippen MR) is 98.5 cm³/mol. The van der Waals surface area contributed by atoms with Gasteiger partial charge < -0.3 is 4.90 Å². The summed E-state index contributed by atoms with van der Waals surface area (Å²) in [6.07, 6.45) is 8.77. The summed E-state index contributed by atoms with van der Waals surface area (Å²) >= 11 is 0. The third kappa shape index (κ3) is 4.46. The standard InChI is InChI=1S/C17H32N6.ClH/c1-3-5-10-16(22-13-11-21(4-2)12-14-22)17-18-19-20-23(17)15-8-6-7-9-15;/h15-16H,3-14H2,1-2H3;1H. The first-order chi connectivity index (χ1) is 11.3. The van der Waals surface area contributed by atoms with Crippen LogP contribution in [0.1, 0.15) is 76.7 Å². The van der Waals surface area contributed by atoms with Crippen LogP contribution in [0, 0.1) is 0 Å². The number of rotatable bonds is 7. The van der Waals surface area contributed by atoms with Crippen molar-refractivity contribution < 1.29 is 0 Å². The zero-order valence-electron chi connectivity index (χ0n) is 15.2. The van der Waals surface area contributed by atoms with Crippen molar-refractivity contribution in [2.45, 2.75) is 70.9 Å². The summed E-state index contributed by atoms with van der Waals surface area (Å²) in [6, 6.07) is 0.922. The van der Waals surface area contributed by atoms with E-state index in [0.29, 0.717) is 12.1 Å². The zero-order valence-corrected chi connectivity index (χ0v) is 16.0. The van der Waals surface area contributed by atoms with Gasteiger partial charge in [-0.25, -0.2) is 4.68 Å². The van der Waals surface area contributed by atoms with Crippen LogP contribution in [0.4, 0.5) is 0 Å². The van der Waals surface area contributed by atoms with Crippen LogP contribution in [-0.4, -0.2) is 62.7 Å². The average Bonchev–Trinajstić information content (AvgIpc) is 3.27. The smallest absolute Gasteiger partial charge is 0.168 e. The van der Waals surface area contributed by atoms with E-state index in [2.05, 4.69) is 43.9 Å². The van der Waals surface area contributed by atoms with Crippen LogP contribution in [-0.2, 0) is 0 Å². The summed E-state index contributed by atoms with van der Waals surface area (Å²) in [5, 5.41) is 12.9. The van der Waals surface area contributed by atoms with E-state index >= 15 is 0 Å². The molecule has 0 amide bonds. The first-order valence-corrected chi connectivity index (χ1v) is 9.57. The molecule has 0 spiro atoms. The van der Waals surface area contributed by atoms with E-state index in [9.17, 15) is 0 Å². The summed E-state index contributed by atoms with van der Waals surface area (Å²) < 4.78 is 2.17. The minimum absolute atomic E-state index is 0. The van der Waals surface area contributed by atoms with Crippen LogP contribution in [0.25, 0.3) is 0 Å². The molecule has 0 aromatic carbocycles. The fourth-order valence-corrected chi connectivity index (χ4v) is 4.09. The van der Waals surface area contributed by atoms with Gasteiger partial charge in [0.15, 0.2) is 5.82 Å². The molecular formula is C17H33ClN6. The van der Waals surface area contributed by atoms with E-state index in [1.807, 2.05) is 0 Å². The lowest BCUT2D eigenvalue weighted by atomic mass is 10.1. The van der Waals surface area contributed by atoms with Crippen LogP contribution in [0.5, 0.6) is 0 Å². The highest BCUT2D eigenvalue weighted by atomic mass is 35.5. The van der Waals surface area contributed by atoms with Gasteiger partial charge in [-0.2, -0.15) is 0 Å². The van der Waals surface area contributed by atoms with Crippen molar-refractivity contribution in [2.75, 3.05) is 32.7 Å². The highest BCUT2D eigenvalue weighted by Crippen LogP contribution is 2.33. The second-order valence-electron chi connectivity index (χ2n) is 7.05. The number of nitrogens with zero attached hydrogens (tertiary/aromatic N) is 6. The van der Waals surface area contributed by atoms with Gasteiger partial charge in [0, 0.05) is 26.2 Å². The van der Waals surface area contributed by atoms with E-state index in [1.54, 1.807) is 0 Å². The van der Waals surface area contributed by atoms with E-state index in [4.69, 9.17) is 0 Å². The van der Waals surface area contributed by atoms with Crippen molar-refractivity contribution in [1.29, 1.82) is 0 Å². The Hall–Kier alpha value is -0.720. The third-order valence-electron chi connectivity index (χ3n) is 5.61. The Morgan fingerprint density at radius 2 is 1.79 bits per heavy atom. The molecule has 1 saturated heterocycles. The highest BCUT2D eigenvalue weighted by molar-refractivity contribution is 5.85. The maximum absolute atomic E-state index is 4.47. The van der Waals surface area contributed by atoms with Crippen LogP contribution in [0.15, 0.2) is 0 Å². The summed E-state index contributed by atoms with van der Waals surface area (Å²) in [7, 11) is 0. The van der Waals surface area contributed by atoms with Gasteiger partial charge in [-0.3, -0.25) is 4.90 Å². The number of piperazine rings is 1.